The second-order valence-electron chi connectivity index (χ2n) is 9.77. The van der Waals surface area contributed by atoms with Crippen LogP contribution in [0.2, 0.25) is 0 Å². The quantitative estimate of drug-likeness (QED) is 0.699. The maximum absolute atomic E-state index is 13.6. The Morgan fingerprint density at radius 2 is 1.47 bits per heavy atom. The molecule has 4 rings (SSSR count). The first kappa shape index (κ1) is 23.1. The molecule has 3 aliphatic rings. The van der Waals surface area contributed by atoms with Gasteiger partial charge in [0.15, 0.2) is 0 Å². The average Bonchev–Trinajstić information content (AvgIpc) is 3.38. The van der Waals surface area contributed by atoms with E-state index in [9.17, 15) is 9.59 Å². The van der Waals surface area contributed by atoms with Crippen LogP contribution >= 0.6 is 0 Å². The van der Waals surface area contributed by atoms with Crippen LogP contribution in [-0.4, -0.2) is 82.9 Å². The van der Waals surface area contributed by atoms with Gasteiger partial charge in [-0.05, 0) is 44.1 Å². The molecule has 0 aromatic heterocycles. The Bertz CT molecular complexity index is 756. The molecule has 0 radical (unpaired) electrons. The summed E-state index contributed by atoms with van der Waals surface area (Å²) in [5.74, 6) is 0.382. The number of hydrogen-bond donors (Lipinski definition) is 0. The van der Waals surface area contributed by atoms with Crippen LogP contribution in [0.25, 0.3) is 0 Å². The fourth-order valence-corrected chi connectivity index (χ4v) is 5.69. The Morgan fingerprint density at radius 3 is 2.09 bits per heavy atom. The van der Waals surface area contributed by atoms with Gasteiger partial charge in [-0.2, -0.15) is 0 Å². The Balaban J connectivity index is 1.35. The fourth-order valence-electron chi connectivity index (χ4n) is 5.69. The van der Waals surface area contributed by atoms with E-state index in [2.05, 4.69) is 54.0 Å². The normalized spacial score (nSPS) is 25.4. The van der Waals surface area contributed by atoms with Crippen LogP contribution in [0.4, 0.5) is 4.79 Å². The number of nitrogens with zero attached hydrogens (tertiary/aromatic N) is 4. The van der Waals surface area contributed by atoms with E-state index in [1.165, 1.54) is 5.56 Å². The van der Waals surface area contributed by atoms with Gasteiger partial charge >= 0.3 is 6.03 Å². The van der Waals surface area contributed by atoms with E-state index < -0.39 is 0 Å². The molecule has 1 aromatic rings. The Morgan fingerprint density at radius 1 is 0.844 bits per heavy atom. The molecular formula is C26H40N4O2. The highest BCUT2D eigenvalue weighted by Crippen LogP contribution is 2.27. The minimum atomic E-state index is 0.0601. The van der Waals surface area contributed by atoms with Gasteiger partial charge in [0.2, 0.25) is 5.91 Å². The molecule has 0 bridgehead atoms. The molecule has 3 heterocycles. The SMILES string of the molecule is CC[C@@H]1CN(C(=O)C2CCN(C(=O)N3CCCC3)CC2)[C@H](CC)CN1Cc1ccccc1. The topological polar surface area (TPSA) is 47.1 Å². The minimum Gasteiger partial charge on any atom is -0.337 e. The lowest BCUT2D eigenvalue weighted by atomic mass is 9.92. The van der Waals surface area contributed by atoms with E-state index in [-0.39, 0.29) is 18.0 Å². The Labute approximate surface area is 193 Å². The maximum Gasteiger partial charge on any atom is 0.319 e. The van der Waals surface area contributed by atoms with Crippen molar-refractivity contribution in [1.82, 2.24) is 19.6 Å². The highest BCUT2D eigenvalue weighted by atomic mass is 16.2. The second-order valence-corrected chi connectivity index (χ2v) is 9.77. The zero-order chi connectivity index (χ0) is 22.5. The predicted molar refractivity (Wildman–Crippen MR) is 127 cm³/mol. The fraction of sp³-hybridized carbons (Fsp3) is 0.692. The lowest BCUT2D eigenvalue weighted by Crippen LogP contribution is -2.60. The first-order valence-corrected chi connectivity index (χ1v) is 12.7. The number of benzene rings is 1. The summed E-state index contributed by atoms with van der Waals surface area (Å²) in [5, 5.41) is 0. The molecule has 3 fully saturated rings. The van der Waals surface area contributed by atoms with Crippen LogP contribution in [-0.2, 0) is 11.3 Å². The number of piperidine rings is 1. The van der Waals surface area contributed by atoms with Crippen molar-refractivity contribution in [1.29, 1.82) is 0 Å². The first-order valence-electron chi connectivity index (χ1n) is 12.7. The van der Waals surface area contributed by atoms with Crippen molar-refractivity contribution in [2.75, 3.05) is 39.3 Å². The van der Waals surface area contributed by atoms with E-state index in [0.29, 0.717) is 25.0 Å². The molecule has 0 aliphatic carbocycles. The highest BCUT2D eigenvalue weighted by Gasteiger charge is 2.39. The molecule has 0 N–H and O–H groups in total. The van der Waals surface area contributed by atoms with E-state index in [4.69, 9.17) is 0 Å². The first-order chi connectivity index (χ1) is 15.6. The number of carbonyl (C=O) groups excluding carboxylic acids is 2. The summed E-state index contributed by atoms with van der Waals surface area (Å²) in [6.07, 6.45) is 5.88. The Kier molecular flexibility index (Phi) is 7.71. The number of piperazine rings is 1. The number of likely N-dealkylation sites (tertiary alicyclic amines) is 2. The molecule has 2 atom stereocenters. The van der Waals surface area contributed by atoms with E-state index >= 15 is 0 Å². The van der Waals surface area contributed by atoms with Gasteiger partial charge in [0.25, 0.3) is 0 Å². The number of amides is 3. The Hall–Kier alpha value is -2.08. The lowest BCUT2D eigenvalue weighted by Gasteiger charge is -2.47. The van der Waals surface area contributed by atoms with Crippen molar-refractivity contribution in [3.05, 3.63) is 35.9 Å². The second kappa shape index (κ2) is 10.7. The number of hydrogen-bond acceptors (Lipinski definition) is 3. The number of rotatable bonds is 5. The summed E-state index contributed by atoms with van der Waals surface area (Å²) in [6, 6.07) is 11.5. The summed E-state index contributed by atoms with van der Waals surface area (Å²) < 4.78 is 0. The standard InChI is InChI=1S/C26H40N4O2/c1-3-23-20-30(24(4-2)19-29(23)18-21-10-6-5-7-11-21)25(31)22-12-16-28(17-13-22)26(32)27-14-8-9-15-27/h5-7,10-11,22-24H,3-4,8-9,12-20H2,1-2H3/t23-,24-/m1/s1. The summed E-state index contributed by atoms with van der Waals surface area (Å²) >= 11 is 0. The van der Waals surface area contributed by atoms with Crippen molar-refractivity contribution in [2.24, 2.45) is 5.92 Å². The van der Waals surface area contributed by atoms with Crippen molar-refractivity contribution in [3.8, 4) is 0 Å². The van der Waals surface area contributed by atoms with Crippen LogP contribution < -0.4 is 0 Å². The van der Waals surface area contributed by atoms with Gasteiger partial charge in [0.1, 0.15) is 0 Å². The molecule has 3 saturated heterocycles. The molecule has 32 heavy (non-hydrogen) atoms. The third-order valence-corrected chi connectivity index (χ3v) is 7.76. The van der Waals surface area contributed by atoms with Gasteiger partial charge in [-0.15, -0.1) is 0 Å². The molecule has 0 saturated carbocycles. The van der Waals surface area contributed by atoms with Gasteiger partial charge in [-0.1, -0.05) is 44.2 Å². The van der Waals surface area contributed by atoms with Crippen LogP contribution in [0.1, 0.15) is 57.9 Å². The largest absolute Gasteiger partial charge is 0.337 e. The third kappa shape index (κ3) is 5.11. The van der Waals surface area contributed by atoms with Gasteiger partial charge < -0.3 is 14.7 Å². The smallest absolute Gasteiger partial charge is 0.319 e. The van der Waals surface area contributed by atoms with E-state index in [0.717, 1.165) is 71.2 Å². The van der Waals surface area contributed by atoms with Crippen molar-refractivity contribution in [2.45, 2.75) is 71.0 Å². The van der Waals surface area contributed by atoms with Crippen LogP contribution in [0.5, 0.6) is 0 Å². The minimum absolute atomic E-state index is 0.0601. The van der Waals surface area contributed by atoms with Gasteiger partial charge in [0.05, 0.1) is 0 Å². The molecular weight excluding hydrogens is 400 g/mol. The molecule has 3 amide bonds. The molecule has 6 nitrogen and oxygen atoms in total. The van der Waals surface area contributed by atoms with E-state index in [1.54, 1.807) is 0 Å². The van der Waals surface area contributed by atoms with Gasteiger partial charge in [0, 0.05) is 63.8 Å². The van der Waals surface area contributed by atoms with Crippen LogP contribution in [0.15, 0.2) is 30.3 Å². The monoisotopic (exact) mass is 440 g/mol. The zero-order valence-electron chi connectivity index (χ0n) is 19.9. The van der Waals surface area contributed by atoms with Crippen molar-refractivity contribution in [3.63, 3.8) is 0 Å². The predicted octanol–water partition coefficient (Wildman–Crippen LogP) is 3.82. The third-order valence-electron chi connectivity index (χ3n) is 7.76. The molecule has 176 valence electrons. The summed E-state index contributed by atoms with van der Waals surface area (Å²) in [5.41, 5.74) is 1.34. The van der Waals surface area contributed by atoms with Crippen molar-refractivity contribution >= 4 is 11.9 Å². The maximum atomic E-state index is 13.6. The molecule has 6 heteroatoms. The summed E-state index contributed by atoms with van der Waals surface area (Å²) in [6.45, 7) is 10.4. The van der Waals surface area contributed by atoms with Gasteiger partial charge in [-0.3, -0.25) is 9.69 Å². The molecule has 3 aliphatic heterocycles. The molecule has 0 unspecified atom stereocenters. The summed E-state index contributed by atoms with van der Waals surface area (Å²) in [7, 11) is 0. The van der Waals surface area contributed by atoms with E-state index in [1.807, 2.05) is 9.80 Å². The van der Waals surface area contributed by atoms with Gasteiger partial charge in [-0.25, -0.2) is 4.79 Å². The zero-order valence-corrected chi connectivity index (χ0v) is 19.9. The van der Waals surface area contributed by atoms with Crippen LogP contribution in [0.3, 0.4) is 0 Å². The van der Waals surface area contributed by atoms with Crippen molar-refractivity contribution < 1.29 is 9.59 Å². The highest BCUT2D eigenvalue weighted by molar-refractivity contribution is 5.80. The molecule has 0 spiro atoms. The summed E-state index contributed by atoms with van der Waals surface area (Å²) in [4.78, 5) is 35.0. The van der Waals surface area contributed by atoms with Crippen LogP contribution in [0, 0.1) is 5.92 Å². The number of carbonyl (C=O) groups is 2. The number of urea groups is 1. The average molecular weight is 441 g/mol. The molecule has 1 aromatic carbocycles. The lowest BCUT2D eigenvalue weighted by molar-refractivity contribution is -0.144.